The molecule has 41 heavy (non-hydrogen) atoms. The molecule has 4 rings (SSSR count). The highest BCUT2D eigenvalue weighted by atomic mass is 32.1. The Labute approximate surface area is 248 Å². The number of carbonyl (C=O) groups excluding carboxylic acids is 3. The third-order valence-corrected chi connectivity index (χ3v) is 7.70. The molecule has 12 heteroatoms. The summed E-state index contributed by atoms with van der Waals surface area (Å²) < 4.78 is 10.8. The van der Waals surface area contributed by atoms with Gasteiger partial charge in [-0.15, -0.1) is 11.3 Å². The maximum atomic E-state index is 13.0. The number of anilines is 3. The van der Waals surface area contributed by atoms with Crippen LogP contribution in [0.3, 0.4) is 0 Å². The van der Waals surface area contributed by atoms with Crippen molar-refractivity contribution in [1.29, 1.82) is 0 Å². The van der Waals surface area contributed by atoms with Gasteiger partial charge >= 0.3 is 12.1 Å². The zero-order valence-electron chi connectivity index (χ0n) is 23.5. The van der Waals surface area contributed by atoms with E-state index in [9.17, 15) is 14.4 Å². The molecule has 1 aliphatic rings. The topological polar surface area (TPSA) is 121 Å². The Bertz CT molecular complexity index is 1280. The number of nitrogens with one attached hydrogen (secondary N) is 4. The summed E-state index contributed by atoms with van der Waals surface area (Å²) >= 11 is 2.87. The number of urea groups is 1. The molecule has 3 aromatic rings. The molecule has 2 aromatic heterocycles. The molecule has 0 bridgehead atoms. The lowest BCUT2D eigenvalue weighted by molar-refractivity contribution is 0.0369. The van der Waals surface area contributed by atoms with Gasteiger partial charge in [-0.3, -0.25) is 15.0 Å². The van der Waals surface area contributed by atoms with Crippen molar-refractivity contribution >= 4 is 57.8 Å². The molecule has 0 radical (unpaired) electrons. The van der Waals surface area contributed by atoms with Crippen molar-refractivity contribution in [3.8, 4) is 0 Å². The van der Waals surface area contributed by atoms with Gasteiger partial charge in [-0.05, 0) is 69.3 Å². The molecule has 1 unspecified atom stereocenters. The molecule has 1 fully saturated rings. The largest absolute Gasteiger partial charge is 0.444 e. The van der Waals surface area contributed by atoms with E-state index in [0.29, 0.717) is 16.9 Å². The van der Waals surface area contributed by atoms with E-state index in [1.54, 1.807) is 43.7 Å². The van der Waals surface area contributed by atoms with E-state index in [4.69, 9.17) is 9.47 Å². The quantitative estimate of drug-likeness (QED) is 0.215. The third kappa shape index (κ3) is 9.85. The number of rotatable bonds is 10. The van der Waals surface area contributed by atoms with Crippen molar-refractivity contribution in [2.75, 3.05) is 48.8 Å². The normalized spacial score (nSPS) is 14.6. The Balaban J connectivity index is 1.38. The van der Waals surface area contributed by atoms with Crippen LogP contribution in [0.25, 0.3) is 0 Å². The second-order valence-electron chi connectivity index (χ2n) is 10.7. The maximum Gasteiger partial charge on any atom is 0.412 e. The summed E-state index contributed by atoms with van der Waals surface area (Å²) in [5, 5.41) is 18.8. The van der Waals surface area contributed by atoms with Gasteiger partial charge in [0.15, 0.2) is 0 Å². The number of amides is 4. The number of hydrogen-bond acceptors (Lipinski definition) is 8. The summed E-state index contributed by atoms with van der Waals surface area (Å²) in [4.78, 5) is 40.3. The minimum absolute atomic E-state index is 0.228. The zero-order chi connectivity index (χ0) is 29.2. The van der Waals surface area contributed by atoms with E-state index < -0.39 is 11.7 Å². The summed E-state index contributed by atoms with van der Waals surface area (Å²) in [6.07, 6.45) is 1.05. The summed E-state index contributed by atoms with van der Waals surface area (Å²) in [6, 6.07) is 8.57. The van der Waals surface area contributed by atoms with E-state index in [-0.39, 0.29) is 18.0 Å². The molecule has 0 saturated carbocycles. The second-order valence-corrected chi connectivity index (χ2v) is 12.2. The number of carbonyl (C=O) groups is 3. The van der Waals surface area contributed by atoms with Crippen LogP contribution < -0.4 is 21.3 Å². The summed E-state index contributed by atoms with van der Waals surface area (Å²) in [5.74, 6) is -0.311. The molecular formula is C29H37N5O5S2. The van der Waals surface area contributed by atoms with Crippen LogP contribution in [-0.4, -0.2) is 61.4 Å². The van der Waals surface area contributed by atoms with Gasteiger partial charge in [-0.2, -0.15) is 11.3 Å². The van der Waals surface area contributed by atoms with Crippen LogP contribution in [0.2, 0.25) is 0 Å². The first-order valence-corrected chi connectivity index (χ1v) is 15.4. The smallest absolute Gasteiger partial charge is 0.412 e. The lowest BCUT2D eigenvalue weighted by Gasteiger charge is -2.27. The molecule has 3 heterocycles. The van der Waals surface area contributed by atoms with Crippen LogP contribution in [0.1, 0.15) is 55.6 Å². The fraction of sp³-hybridized carbons (Fsp3) is 0.414. The molecule has 1 aromatic carbocycles. The zero-order valence-corrected chi connectivity index (χ0v) is 25.2. The lowest BCUT2D eigenvalue weighted by atomic mass is 10.00. The Morgan fingerprint density at radius 1 is 0.951 bits per heavy atom. The second kappa shape index (κ2) is 14.4. The SMILES string of the molecule is CC(C)(C)OC(=O)Nc1cscc1NC(=O)c1ccc(C(CCCN2CCOCC2)NC(=O)Nc2ccsc2)cc1. The molecule has 0 aliphatic carbocycles. The Kier molecular flexibility index (Phi) is 10.7. The number of hydrogen-bond donors (Lipinski definition) is 4. The monoisotopic (exact) mass is 599 g/mol. The summed E-state index contributed by atoms with van der Waals surface area (Å²) in [7, 11) is 0. The minimum Gasteiger partial charge on any atom is -0.444 e. The highest BCUT2D eigenvalue weighted by Gasteiger charge is 2.20. The van der Waals surface area contributed by atoms with Gasteiger partial charge in [0, 0.05) is 34.8 Å². The van der Waals surface area contributed by atoms with Gasteiger partial charge in [0.1, 0.15) is 5.60 Å². The van der Waals surface area contributed by atoms with Gasteiger partial charge in [0.05, 0.1) is 36.3 Å². The predicted molar refractivity (Wildman–Crippen MR) is 164 cm³/mol. The fourth-order valence-corrected chi connectivity index (χ4v) is 5.59. The van der Waals surface area contributed by atoms with E-state index in [0.717, 1.165) is 56.9 Å². The van der Waals surface area contributed by atoms with Crippen LogP contribution in [0, 0.1) is 0 Å². The first kappa shape index (κ1) is 30.5. The maximum absolute atomic E-state index is 13.0. The van der Waals surface area contributed by atoms with Crippen molar-refractivity contribution in [1.82, 2.24) is 10.2 Å². The highest BCUT2D eigenvalue weighted by Crippen LogP contribution is 2.28. The number of morpholine rings is 1. The fourth-order valence-electron chi connectivity index (χ4n) is 4.29. The predicted octanol–water partition coefficient (Wildman–Crippen LogP) is 6.38. The molecule has 1 saturated heterocycles. The van der Waals surface area contributed by atoms with Crippen LogP contribution >= 0.6 is 22.7 Å². The molecule has 10 nitrogen and oxygen atoms in total. The van der Waals surface area contributed by atoms with Gasteiger partial charge in [-0.1, -0.05) is 12.1 Å². The van der Waals surface area contributed by atoms with Crippen molar-refractivity contribution in [3.05, 3.63) is 63.0 Å². The average Bonchev–Trinajstić information content (AvgIpc) is 3.60. The van der Waals surface area contributed by atoms with E-state index in [2.05, 4.69) is 26.2 Å². The molecule has 1 aliphatic heterocycles. The molecule has 220 valence electrons. The number of benzene rings is 1. The minimum atomic E-state index is -0.634. The summed E-state index contributed by atoms with van der Waals surface area (Å²) in [6.45, 7) is 9.61. The molecule has 0 spiro atoms. The van der Waals surface area contributed by atoms with E-state index in [1.165, 1.54) is 22.7 Å². The molecule has 4 N–H and O–H groups in total. The third-order valence-electron chi connectivity index (χ3n) is 6.28. The van der Waals surface area contributed by atoms with Crippen molar-refractivity contribution < 1.29 is 23.9 Å². The van der Waals surface area contributed by atoms with Crippen LogP contribution in [-0.2, 0) is 9.47 Å². The number of ether oxygens (including phenoxy) is 2. The van der Waals surface area contributed by atoms with E-state index >= 15 is 0 Å². The molecule has 1 atom stereocenters. The Morgan fingerprint density at radius 2 is 1.66 bits per heavy atom. The molecule has 4 amide bonds. The van der Waals surface area contributed by atoms with Crippen LogP contribution in [0.5, 0.6) is 0 Å². The van der Waals surface area contributed by atoms with Crippen molar-refractivity contribution in [2.45, 2.75) is 45.3 Å². The van der Waals surface area contributed by atoms with Gasteiger partial charge in [0.25, 0.3) is 5.91 Å². The Hall–Kier alpha value is -3.45. The average molecular weight is 600 g/mol. The van der Waals surface area contributed by atoms with Crippen molar-refractivity contribution in [2.24, 2.45) is 0 Å². The van der Waals surface area contributed by atoms with E-state index in [1.807, 2.05) is 29.0 Å². The standard InChI is InChI=1S/C29H37N5O5S2/c1-29(2,3)39-28(37)33-25-19-41-18-24(25)31-26(35)21-8-6-20(7-9-21)23(5-4-11-34-12-14-38-15-13-34)32-27(36)30-22-10-16-40-17-22/h6-10,16-19,23H,4-5,11-15H2,1-3H3,(H,31,35)(H,33,37)(H2,30,32,36). The van der Waals surface area contributed by atoms with Crippen molar-refractivity contribution in [3.63, 3.8) is 0 Å². The number of thiophene rings is 2. The lowest BCUT2D eigenvalue weighted by Crippen LogP contribution is -2.37. The summed E-state index contributed by atoms with van der Waals surface area (Å²) in [5.41, 5.74) is 2.44. The first-order chi connectivity index (χ1) is 19.7. The molecular weight excluding hydrogens is 562 g/mol. The highest BCUT2D eigenvalue weighted by molar-refractivity contribution is 7.09. The van der Waals surface area contributed by atoms with Gasteiger partial charge in [-0.25, -0.2) is 9.59 Å². The van der Waals surface area contributed by atoms with Crippen LogP contribution in [0.15, 0.2) is 51.9 Å². The number of nitrogens with zero attached hydrogens (tertiary/aromatic N) is 1. The van der Waals surface area contributed by atoms with Crippen LogP contribution in [0.4, 0.5) is 26.7 Å². The van der Waals surface area contributed by atoms with Gasteiger partial charge in [0.2, 0.25) is 0 Å². The van der Waals surface area contributed by atoms with Gasteiger partial charge < -0.3 is 25.4 Å². The first-order valence-electron chi connectivity index (χ1n) is 13.5. The Morgan fingerprint density at radius 3 is 2.32 bits per heavy atom.